The topological polar surface area (TPSA) is 58.1 Å². The molecule has 0 aliphatic carbocycles. The van der Waals surface area contributed by atoms with Crippen LogP contribution in [0.1, 0.15) is 39.9 Å². The van der Waals surface area contributed by atoms with Gasteiger partial charge in [-0.2, -0.15) is 0 Å². The predicted molar refractivity (Wildman–Crippen MR) is 100.0 cm³/mol. The second-order valence-corrected chi connectivity index (χ2v) is 6.96. The normalized spacial score (nSPS) is 15.2. The van der Waals surface area contributed by atoms with Crippen LogP contribution in [-0.4, -0.2) is 35.5 Å². The molecule has 5 heteroatoms. The number of benzene rings is 1. The van der Waals surface area contributed by atoms with E-state index in [0.29, 0.717) is 5.92 Å². The third kappa shape index (κ3) is 4.16. The summed E-state index contributed by atoms with van der Waals surface area (Å²) in [5, 5.41) is 3.14. The van der Waals surface area contributed by atoms with Gasteiger partial charge in [0, 0.05) is 37.6 Å². The van der Waals surface area contributed by atoms with Gasteiger partial charge < -0.3 is 10.2 Å². The van der Waals surface area contributed by atoms with Gasteiger partial charge >= 0.3 is 0 Å². The number of anilines is 1. The Balaban J connectivity index is 1.53. The Morgan fingerprint density at radius 3 is 2.32 bits per heavy atom. The van der Waals surface area contributed by atoms with Gasteiger partial charge in [-0.15, -0.1) is 0 Å². The summed E-state index contributed by atoms with van der Waals surface area (Å²) in [6.07, 6.45) is 5.65. The zero-order valence-electron chi connectivity index (χ0n) is 15.2. The highest BCUT2D eigenvalue weighted by Crippen LogP contribution is 2.20. The maximum atomic E-state index is 12.6. The number of carbonyl (C=O) groups excluding carboxylic acids is 1. The molecule has 1 aliphatic heterocycles. The van der Waals surface area contributed by atoms with Crippen molar-refractivity contribution in [2.45, 2.75) is 33.6 Å². The SMILES string of the molecule is Cc1cc(C)c(C(=O)NCC2CCN(c3ncccn3)CC2)c(C)c1. The Bertz CT molecular complexity index is 714. The van der Waals surface area contributed by atoms with Crippen molar-refractivity contribution >= 4 is 11.9 Å². The Morgan fingerprint density at radius 1 is 1.12 bits per heavy atom. The molecule has 1 amide bonds. The average Bonchev–Trinajstić information content (AvgIpc) is 2.60. The van der Waals surface area contributed by atoms with E-state index >= 15 is 0 Å². The third-order valence-electron chi connectivity index (χ3n) is 4.90. The molecule has 3 rings (SSSR count). The van der Waals surface area contributed by atoms with Crippen molar-refractivity contribution in [3.63, 3.8) is 0 Å². The van der Waals surface area contributed by atoms with Crippen molar-refractivity contribution in [3.05, 3.63) is 52.8 Å². The van der Waals surface area contributed by atoms with Gasteiger partial charge in [-0.3, -0.25) is 4.79 Å². The number of aryl methyl sites for hydroxylation is 3. The van der Waals surface area contributed by atoms with Gasteiger partial charge in [0.1, 0.15) is 0 Å². The first-order valence-corrected chi connectivity index (χ1v) is 8.92. The summed E-state index contributed by atoms with van der Waals surface area (Å²) in [7, 11) is 0. The average molecular weight is 338 g/mol. The molecule has 0 radical (unpaired) electrons. The molecular weight excluding hydrogens is 312 g/mol. The number of hydrogen-bond acceptors (Lipinski definition) is 4. The van der Waals surface area contributed by atoms with Gasteiger partial charge in [0.15, 0.2) is 0 Å². The maximum absolute atomic E-state index is 12.6. The largest absolute Gasteiger partial charge is 0.352 e. The van der Waals surface area contributed by atoms with Gasteiger partial charge in [-0.25, -0.2) is 9.97 Å². The van der Waals surface area contributed by atoms with Crippen molar-refractivity contribution in [3.8, 4) is 0 Å². The molecule has 1 fully saturated rings. The minimum absolute atomic E-state index is 0.0452. The Morgan fingerprint density at radius 2 is 1.72 bits per heavy atom. The van der Waals surface area contributed by atoms with E-state index in [2.05, 4.69) is 39.2 Å². The number of rotatable bonds is 4. The van der Waals surface area contributed by atoms with Gasteiger partial charge in [0.25, 0.3) is 5.91 Å². The van der Waals surface area contributed by atoms with Gasteiger partial charge in [0.05, 0.1) is 0 Å². The molecule has 5 nitrogen and oxygen atoms in total. The van der Waals surface area contributed by atoms with Crippen molar-refractivity contribution < 1.29 is 4.79 Å². The Labute approximate surface area is 149 Å². The Hall–Kier alpha value is -2.43. The quantitative estimate of drug-likeness (QED) is 0.931. The number of hydrogen-bond donors (Lipinski definition) is 1. The monoisotopic (exact) mass is 338 g/mol. The van der Waals surface area contributed by atoms with Crippen LogP contribution in [0.4, 0.5) is 5.95 Å². The number of carbonyl (C=O) groups is 1. The summed E-state index contributed by atoms with van der Waals surface area (Å²) in [6, 6.07) is 5.97. The fraction of sp³-hybridized carbons (Fsp3) is 0.450. The first kappa shape index (κ1) is 17.4. The minimum Gasteiger partial charge on any atom is -0.352 e. The summed E-state index contributed by atoms with van der Waals surface area (Å²) in [6.45, 7) is 8.68. The molecule has 0 bridgehead atoms. The van der Waals surface area contributed by atoms with Crippen LogP contribution >= 0.6 is 0 Å². The predicted octanol–water partition coefficient (Wildman–Crippen LogP) is 3.05. The second-order valence-electron chi connectivity index (χ2n) is 6.96. The summed E-state index contributed by atoms with van der Waals surface area (Å²) in [5.74, 6) is 1.36. The van der Waals surface area contributed by atoms with E-state index in [0.717, 1.165) is 55.1 Å². The summed E-state index contributed by atoms with van der Waals surface area (Å²) in [5.41, 5.74) is 4.11. The van der Waals surface area contributed by atoms with Gasteiger partial charge in [-0.1, -0.05) is 17.7 Å². The van der Waals surface area contributed by atoms with Crippen LogP contribution in [-0.2, 0) is 0 Å². The van der Waals surface area contributed by atoms with E-state index < -0.39 is 0 Å². The highest BCUT2D eigenvalue weighted by molar-refractivity contribution is 5.97. The number of amides is 1. The number of piperidine rings is 1. The molecule has 1 aliphatic rings. The lowest BCUT2D eigenvalue weighted by atomic mass is 9.96. The molecule has 132 valence electrons. The van der Waals surface area contributed by atoms with Crippen LogP contribution in [0, 0.1) is 26.7 Å². The fourth-order valence-corrected chi connectivity index (χ4v) is 3.66. The summed E-state index contributed by atoms with van der Waals surface area (Å²) < 4.78 is 0. The molecule has 1 aromatic heterocycles. The standard InChI is InChI=1S/C20H26N4O/c1-14-11-15(2)18(16(3)12-14)19(25)23-13-17-5-9-24(10-6-17)20-21-7-4-8-22-20/h4,7-8,11-12,17H,5-6,9-10,13H2,1-3H3,(H,23,25). The lowest BCUT2D eigenvalue weighted by molar-refractivity contribution is 0.0943. The second kappa shape index (κ2) is 7.64. The zero-order valence-corrected chi connectivity index (χ0v) is 15.2. The number of aromatic nitrogens is 2. The van der Waals surface area contributed by atoms with Gasteiger partial charge in [0.2, 0.25) is 5.95 Å². The Kier molecular flexibility index (Phi) is 5.31. The first-order chi connectivity index (χ1) is 12.0. The minimum atomic E-state index is 0.0452. The van der Waals surface area contributed by atoms with E-state index in [1.165, 1.54) is 5.56 Å². The molecular formula is C20H26N4O. The van der Waals surface area contributed by atoms with Crippen molar-refractivity contribution in [2.24, 2.45) is 5.92 Å². The fourth-order valence-electron chi connectivity index (χ4n) is 3.66. The lowest BCUT2D eigenvalue weighted by Crippen LogP contribution is -2.39. The lowest BCUT2D eigenvalue weighted by Gasteiger charge is -2.32. The number of nitrogens with one attached hydrogen (secondary N) is 1. The molecule has 1 saturated heterocycles. The molecule has 1 N–H and O–H groups in total. The molecule has 25 heavy (non-hydrogen) atoms. The van der Waals surface area contributed by atoms with Crippen molar-refractivity contribution in [2.75, 3.05) is 24.5 Å². The van der Waals surface area contributed by atoms with Crippen LogP contribution in [0.25, 0.3) is 0 Å². The van der Waals surface area contributed by atoms with Crippen molar-refractivity contribution in [1.82, 2.24) is 15.3 Å². The molecule has 1 aromatic carbocycles. The molecule has 0 atom stereocenters. The molecule has 2 aromatic rings. The van der Waals surface area contributed by atoms with E-state index in [-0.39, 0.29) is 5.91 Å². The van der Waals surface area contributed by atoms with Crippen LogP contribution < -0.4 is 10.2 Å². The van der Waals surface area contributed by atoms with Gasteiger partial charge in [-0.05, 0) is 56.7 Å². The molecule has 0 spiro atoms. The zero-order chi connectivity index (χ0) is 17.8. The van der Waals surface area contributed by atoms with Crippen LogP contribution in [0.2, 0.25) is 0 Å². The first-order valence-electron chi connectivity index (χ1n) is 8.92. The highest BCUT2D eigenvalue weighted by Gasteiger charge is 2.22. The maximum Gasteiger partial charge on any atom is 0.251 e. The summed E-state index contributed by atoms with van der Waals surface area (Å²) >= 11 is 0. The number of nitrogens with zero attached hydrogens (tertiary/aromatic N) is 3. The van der Waals surface area contributed by atoms with Crippen molar-refractivity contribution in [1.29, 1.82) is 0 Å². The third-order valence-corrected chi connectivity index (χ3v) is 4.90. The molecule has 0 unspecified atom stereocenters. The molecule has 0 saturated carbocycles. The van der Waals surface area contributed by atoms with Crippen LogP contribution in [0.3, 0.4) is 0 Å². The van der Waals surface area contributed by atoms with E-state index in [1.807, 2.05) is 19.9 Å². The van der Waals surface area contributed by atoms with E-state index in [9.17, 15) is 4.79 Å². The van der Waals surface area contributed by atoms with Crippen LogP contribution in [0.5, 0.6) is 0 Å². The highest BCUT2D eigenvalue weighted by atomic mass is 16.1. The van der Waals surface area contributed by atoms with Crippen LogP contribution in [0.15, 0.2) is 30.6 Å². The smallest absolute Gasteiger partial charge is 0.251 e. The van der Waals surface area contributed by atoms with E-state index in [1.54, 1.807) is 12.4 Å². The summed E-state index contributed by atoms with van der Waals surface area (Å²) in [4.78, 5) is 23.4. The molecule has 2 heterocycles. The van der Waals surface area contributed by atoms with E-state index in [4.69, 9.17) is 0 Å².